The number of hydrogen-bond donors (Lipinski definition) is 2. The van der Waals surface area contributed by atoms with Crippen molar-refractivity contribution in [3.63, 3.8) is 0 Å². The van der Waals surface area contributed by atoms with Crippen LogP contribution in [0.1, 0.15) is 24.0 Å². The molecule has 2 aromatic carbocycles. The number of nitrogens with one attached hydrogen (secondary N) is 2. The van der Waals surface area contributed by atoms with E-state index in [4.69, 9.17) is 4.74 Å². The molecule has 0 aromatic heterocycles. The lowest BCUT2D eigenvalue weighted by Gasteiger charge is -2.20. The van der Waals surface area contributed by atoms with Crippen LogP contribution in [0.2, 0.25) is 0 Å². The van der Waals surface area contributed by atoms with Crippen molar-refractivity contribution in [3.8, 4) is 5.75 Å². The fraction of sp³-hybridized carbons (Fsp3) is 0.300. The first-order valence-corrected chi connectivity index (χ1v) is 8.76. The van der Waals surface area contributed by atoms with Crippen LogP contribution >= 0.6 is 0 Å². The molecule has 0 atom stereocenters. The molecule has 3 rings (SSSR count). The molecule has 0 radical (unpaired) electrons. The number of carbonyl (C=O) groups excluding carboxylic acids is 1. The summed E-state index contributed by atoms with van der Waals surface area (Å²) in [5.74, 6) is 0.597. The van der Waals surface area contributed by atoms with Crippen LogP contribution in [-0.2, 0) is 0 Å². The summed E-state index contributed by atoms with van der Waals surface area (Å²) in [6.07, 6.45) is 4.16. The Kier molecular flexibility index (Phi) is 5.73. The Morgan fingerprint density at radius 1 is 1.19 bits per heavy atom. The van der Waals surface area contributed by atoms with Crippen molar-refractivity contribution in [1.29, 1.82) is 0 Å². The van der Waals surface area contributed by atoms with Gasteiger partial charge < -0.3 is 15.0 Å². The number of carbonyl (C=O) groups is 1. The smallest absolute Gasteiger partial charge is 0.339 e. The summed E-state index contributed by atoms with van der Waals surface area (Å²) in [6, 6.07) is 13.0. The summed E-state index contributed by atoms with van der Waals surface area (Å²) in [4.78, 5) is 14.4. The van der Waals surface area contributed by atoms with Crippen LogP contribution in [-0.4, -0.2) is 32.4 Å². The molecule has 2 N–H and O–H groups in total. The normalized spacial score (nSPS) is 13.8. The average Bonchev–Trinajstić information content (AvgIpc) is 3.16. The predicted molar refractivity (Wildman–Crippen MR) is 105 cm³/mol. The molecular formula is C20H24N4O2. The molecule has 6 nitrogen and oxygen atoms in total. The maximum atomic E-state index is 12.0. The molecule has 136 valence electrons. The van der Waals surface area contributed by atoms with E-state index in [9.17, 15) is 4.79 Å². The number of hydrazone groups is 1. The number of methoxy groups -OCH3 is 1. The Hall–Kier alpha value is -3.02. The molecule has 1 fully saturated rings. The summed E-state index contributed by atoms with van der Waals surface area (Å²) in [7, 11) is 1.56. The monoisotopic (exact) mass is 352 g/mol. The highest BCUT2D eigenvalue weighted by atomic mass is 16.5. The largest absolute Gasteiger partial charge is 0.495 e. The van der Waals surface area contributed by atoms with E-state index in [0.29, 0.717) is 11.4 Å². The van der Waals surface area contributed by atoms with E-state index in [2.05, 4.69) is 39.8 Å². The molecule has 1 aliphatic rings. The lowest BCUT2D eigenvalue weighted by Crippen LogP contribution is -2.24. The SMILES string of the molecule is COc1ccccc1NC(=O)NN=Cc1ccc(N2CCCC2)c(C)c1. The number of benzene rings is 2. The Morgan fingerprint density at radius 2 is 1.96 bits per heavy atom. The van der Waals surface area contributed by atoms with Gasteiger partial charge in [0.1, 0.15) is 5.75 Å². The fourth-order valence-electron chi connectivity index (χ4n) is 3.14. The van der Waals surface area contributed by atoms with Gasteiger partial charge in [0.15, 0.2) is 0 Å². The molecule has 26 heavy (non-hydrogen) atoms. The number of para-hydroxylation sites is 2. The van der Waals surface area contributed by atoms with Crippen LogP contribution in [0.4, 0.5) is 16.2 Å². The number of hydrogen-bond acceptors (Lipinski definition) is 4. The van der Waals surface area contributed by atoms with Gasteiger partial charge in [-0.3, -0.25) is 0 Å². The number of anilines is 2. The third-order valence-corrected chi connectivity index (χ3v) is 4.40. The van der Waals surface area contributed by atoms with E-state index in [-0.39, 0.29) is 0 Å². The van der Waals surface area contributed by atoms with E-state index in [1.54, 1.807) is 25.5 Å². The Balaban J connectivity index is 1.58. The zero-order chi connectivity index (χ0) is 18.4. The quantitative estimate of drug-likeness (QED) is 0.636. The molecule has 2 aromatic rings. The highest BCUT2D eigenvalue weighted by Gasteiger charge is 2.14. The van der Waals surface area contributed by atoms with Crippen LogP contribution in [0.5, 0.6) is 5.75 Å². The lowest BCUT2D eigenvalue weighted by molar-refractivity contribution is 0.252. The van der Waals surface area contributed by atoms with E-state index < -0.39 is 6.03 Å². The Morgan fingerprint density at radius 3 is 2.69 bits per heavy atom. The number of rotatable bonds is 5. The van der Waals surface area contributed by atoms with Gasteiger partial charge in [-0.15, -0.1) is 0 Å². The third kappa shape index (κ3) is 4.33. The molecule has 0 spiro atoms. The summed E-state index contributed by atoms with van der Waals surface area (Å²) in [6.45, 7) is 4.35. The van der Waals surface area contributed by atoms with Crippen molar-refractivity contribution >= 4 is 23.6 Å². The van der Waals surface area contributed by atoms with Crippen LogP contribution in [0.3, 0.4) is 0 Å². The van der Waals surface area contributed by atoms with E-state index in [0.717, 1.165) is 18.7 Å². The zero-order valence-corrected chi connectivity index (χ0v) is 15.2. The van der Waals surface area contributed by atoms with E-state index in [1.165, 1.54) is 24.1 Å². The second-order valence-electron chi connectivity index (χ2n) is 6.26. The first-order valence-electron chi connectivity index (χ1n) is 8.76. The van der Waals surface area contributed by atoms with Crippen molar-refractivity contribution in [2.75, 3.05) is 30.4 Å². The van der Waals surface area contributed by atoms with Crippen molar-refractivity contribution in [3.05, 3.63) is 53.6 Å². The second kappa shape index (κ2) is 8.38. The summed E-state index contributed by atoms with van der Waals surface area (Å²) in [5, 5.41) is 6.73. The third-order valence-electron chi connectivity index (χ3n) is 4.40. The molecule has 0 saturated carbocycles. The molecule has 1 aliphatic heterocycles. The first kappa shape index (κ1) is 17.8. The Bertz CT molecular complexity index is 798. The van der Waals surface area contributed by atoms with Gasteiger partial charge in [-0.05, 0) is 55.2 Å². The van der Waals surface area contributed by atoms with Gasteiger partial charge in [0, 0.05) is 18.8 Å². The van der Waals surface area contributed by atoms with Gasteiger partial charge in [0.05, 0.1) is 19.0 Å². The molecule has 6 heteroatoms. The summed E-state index contributed by atoms with van der Waals surface area (Å²) in [5.41, 5.74) is 6.51. The fourth-order valence-corrected chi connectivity index (χ4v) is 3.14. The highest BCUT2D eigenvalue weighted by molar-refractivity contribution is 5.91. The number of aryl methyl sites for hydroxylation is 1. The van der Waals surface area contributed by atoms with Gasteiger partial charge in [-0.2, -0.15) is 5.10 Å². The molecule has 2 amide bonds. The molecular weight excluding hydrogens is 328 g/mol. The van der Waals surface area contributed by atoms with Crippen LogP contribution in [0.15, 0.2) is 47.6 Å². The van der Waals surface area contributed by atoms with Crippen LogP contribution < -0.4 is 20.4 Å². The topological polar surface area (TPSA) is 66.0 Å². The van der Waals surface area contributed by atoms with Gasteiger partial charge in [-0.1, -0.05) is 18.2 Å². The maximum absolute atomic E-state index is 12.0. The minimum absolute atomic E-state index is 0.420. The highest BCUT2D eigenvalue weighted by Crippen LogP contribution is 2.25. The average molecular weight is 352 g/mol. The number of urea groups is 1. The predicted octanol–water partition coefficient (Wildman–Crippen LogP) is 3.76. The molecule has 1 saturated heterocycles. The standard InChI is InChI=1S/C20H24N4O2/c1-15-13-16(9-10-18(15)24-11-5-6-12-24)14-21-23-20(25)22-17-7-3-4-8-19(17)26-2/h3-4,7-10,13-14H,5-6,11-12H2,1-2H3,(H2,22,23,25). The molecule has 0 bridgehead atoms. The molecule has 0 unspecified atom stereocenters. The number of amides is 2. The number of ether oxygens (including phenoxy) is 1. The van der Waals surface area contributed by atoms with Crippen LogP contribution in [0.25, 0.3) is 0 Å². The molecule has 0 aliphatic carbocycles. The summed E-state index contributed by atoms with van der Waals surface area (Å²) >= 11 is 0. The van der Waals surface area contributed by atoms with Gasteiger partial charge >= 0.3 is 6.03 Å². The van der Waals surface area contributed by atoms with Crippen molar-refractivity contribution < 1.29 is 9.53 Å². The van der Waals surface area contributed by atoms with Crippen molar-refractivity contribution in [2.45, 2.75) is 19.8 Å². The lowest BCUT2D eigenvalue weighted by atomic mass is 10.1. The molecule has 1 heterocycles. The zero-order valence-electron chi connectivity index (χ0n) is 15.2. The first-order chi connectivity index (χ1) is 12.7. The van der Waals surface area contributed by atoms with Crippen LogP contribution in [0, 0.1) is 6.92 Å². The minimum atomic E-state index is -0.420. The van der Waals surface area contributed by atoms with Crippen molar-refractivity contribution in [1.82, 2.24) is 5.43 Å². The van der Waals surface area contributed by atoms with Gasteiger partial charge in [0.2, 0.25) is 0 Å². The van der Waals surface area contributed by atoms with Gasteiger partial charge in [0.25, 0.3) is 0 Å². The number of nitrogens with zero attached hydrogens (tertiary/aromatic N) is 2. The van der Waals surface area contributed by atoms with Crippen molar-refractivity contribution in [2.24, 2.45) is 5.10 Å². The maximum Gasteiger partial charge on any atom is 0.339 e. The van der Waals surface area contributed by atoms with E-state index in [1.807, 2.05) is 18.2 Å². The second-order valence-corrected chi connectivity index (χ2v) is 6.26. The van der Waals surface area contributed by atoms with E-state index >= 15 is 0 Å². The van der Waals surface area contributed by atoms with Gasteiger partial charge in [-0.25, -0.2) is 10.2 Å². The Labute approximate surface area is 153 Å². The summed E-state index contributed by atoms with van der Waals surface area (Å²) < 4.78 is 5.20. The minimum Gasteiger partial charge on any atom is -0.495 e.